The van der Waals surface area contributed by atoms with Gasteiger partial charge in [0.15, 0.2) is 0 Å². The highest BCUT2D eigenvalue weighted by molar-refractivity contribution is 9.10. The summed E-state index contributed by atoms with van der Waals surface area (Å²) in [5.74, 6) is 0. The molecule has 3 N–H and O–H groups in total. The van der Waals surface area contributed by atoms with E-state index in [0.29, 0.717) is 6.54 Å². The Bertz CT molecular complexity index is 460. The predicted molar refractivity (Wildman–Crippen MR) is 63.5 cm³/mol. The summed E-state index contributed by atoms with van der Waals surface area (Å²) < 4.78 is 1.12. The lowest BCUT2D eigenvalue weighted by Gasteiger charge is -1.95. The molecule has 0 fully saturated rings. The summed E-state index contributed by atoms with van der Waals surface area (Å²) in [6.45, 7) is 2.82. The number of rotatable bonds is 2. The maximum atomic E-state index is 5.55. The number of hydrogen-bond acceptors (Lipinski definition) is 1. The SMILES string of the molecule is Cc1c(CCN)[nH]c2ccc(Br)cc12. The Morgan fingerprint density at radius 1 is 1.43 bits per heavy atom. The molecule has 0 aliphatic heterocycles. The molecule has 2 aromatic rings. The van der Waals surface area contributed by atoms with Crippen LogP contribution in [-0.2, 0) is 6.42 Å². The van der Waals surface area contributed by atoms with Crippen molar-refractivity contribution >= 4 is 26.8 Å². The number of benzene rings is 1. The molecular formula is C11H13BrN2. The summed E-state index contributed by atoms with van der Waals surface area (Å²) >= 11 is 3.48. The minimum atomic E-state index is 0.689. The molecule has 14 heavy (non-hydrogen) atoms. The van der Waals surface area contributed by atoms with E-state index in [9.17, 15) is 0 Å². The van der Waals surface area contributed by atoms with Gasteiger partial charge in [0.25, 0.3) is 0 Å². The third-order valence-corrected chi connectivity index (χ3v) is 3.01. The fourth-order valence-corrected chi connectivity index (χ4v) is 2.11. The van der Waals surface area contributed by atoms with E-state index in [4.69, 9.17) is 5.73 Å². The summed E-state index contributed by atoms with van der Waals surface area (Å²) in [6, 6.07) is 6.28. The second-order valence-electron chi connectivity index (χ2n) is 3.46. The first kappa shape index (κ1) is 9.74. The first-order valence-corrected chi connectivity index (χ1v) is 5.48. The zero-order chi connectivity index (χ0) is 10.1. The maximum absolute atomic E-state index is 5.55. The van der Waals surface area contributed by atoms with Gasteiger partial charge in [0, 0.05) is 27.5 Å². The summed E-state index contributed by atoms with van der Waals surface area (Å²) in [7, 11) is 0. The van der Waals surface area contributed by atoms with Crippen LogP contribution in [0, 0.1) is 6.92 Å². The van der Waals surface area contributed by atoms with Crippen LogP contribution in [-0.4, -0.2) is 11.5 Å². The molecule has 74 valence electrons. The second-order valence-corrected chi connectivity index (χ2v) is 4.37. The van der Waals surface area contributed by atoms with Crippen molar-refractivity contribution in [1.29, 1.82) is 0 Å². The number of nitrogens with one attached hydrogen (secondary N) is 1. The average Bonchev–Trinajstić information content (AvgIpc) is 2.46. The fraction of sp³-hybridized carbons (Fsp3) is 0.273. The average molecular weight is 253 g/mol. The van der Waals surface area contributed by atoms with Crippen LogP contribution in [0.4, 0.5) is 0 Å². The van der Waals surface area contributed by atoms with Crippen molar-refractivity contribution in [3.63, 3.8) is 0 Å². The van der Waals surface area contributed by atoms with Crippen LogP contribution in [0.3, 0.4) is 0 Å². The number of aromatic nitrogens is 1. The van der Waals surface area contributed by atoms with Crippen LogP contribution in [0.1, 0.15) is 11.3 Å². The summed E-state index contributed by atoms with van der Waals surface area (Å²) in [4.78, 5) is 3.39. The third kappa shape index (κ3) is 1.57. The van der Waals surface area contributed by atoms with E-state index < -0.39 is 0 Å². The first-order chi connectivity index (χ1) is 6.72. The Morgan fingerprint density at radius 2 is 2.21 bits per heavy atom. The molecule has 2 nitrogen and oxygen atoms in total. The Hall–Kier alpha value is -0.800. The van der Waals surface area contributed by atoms with Crippen LogP contribution in [0.25, 0.3) is 10.9 Å². The van der Waals surface area contributed by atoms with E-state index in [0.717, 1.165) is 10.9 Å². The molecule has 0 aliphatic carbocycles. The Labute approximate surface area is 91.6 Å². The smallest absolute Gasteiger partial charge is 0.0459 e. The van der Waals surface area contributed by atoms with Crippen molar-refractivity contribution < 1.29 is 0 Å². The van der Waals surface area contributed by atoms with Crippen molar-refractivity contribution in [2.45, 2.75) is 13.3 Å². The quantitative estimate of drug-likeness (QED) is 0.848. The summed E-state index contributed by atoms with van der Waals surface area (Å²) in [5, 5.41) is 1.28. The topological polar surface area (TPSA) is 41.8 Å². The standard InChI is InChI=1S/C11H13BrN2/c1-7-9-6-8(12)2-3-11(9)14-10(7)4-5-13/h2-3,6,14H,4-5,13H2,1H3. The molecule has 0 saturated carbocycles. The zero-order valence-electron chi connectivity index (χ0n) is 8.10. The number of hydrogen-bond donors (Lipinski definition) is 2. The number of halogens is 1. The minimum absolute atomic E-state index is 0.689. The maximum Gasteiger partial charge on any atom is 0.0459 e. The first-order valence-electron chi connectivity index (χ1n) is 4.69. The largest absolute Gasteiger partial charge is 0.358 e. The molecule has 0 unspecified atom stereocenters. The van der Waals surface area contributed by atoms with Crippen LogP contribution < -0.4 is 5.73 Å². The zero-order valence-corrected chi connectivity index (χ0v) is 9.69. The van der Waals surface area contributed by atoms with Gasteiger partial charge in [-0.1, -0.05) is 15.9 Å². The van der Waals surface area contributed by atoms with Gasteiger partial charge in [-0.3, -0.25) is 0 Å². The Morgan fingerprint density at radius 3 is 2.93 bits per heavy atom. The lowest BCUT2D eigenvalue weighted by atomic mass is 10.1. The predicted octanol–water partition coefficient (Wildman–Crippen LogP) is 2.74. The number of aryl methyl sites for hydroxylation is 1. The lowest BCUT2D eigenvalue weighted by Crippen LogP contribution is -2.03. The van der Waals surface area contributed by atoms with Gasteiger partial charge in [-0.2, -0.15) is 0 Å². The molecule has 1 aromatic carbocycles. The van der Waals surface area contributed by atoms with E-state index in [2.05, 4.69) is 40.0 Å². The normalized spacial score (nSPS) is 11.1. The number of fused-ring (bicyclic) bond motifs is 1. The molecular weight excluding hydrogens is 240 g/mol. The van der Waals surface area contributed by atoms with E-state index in [1.165, 1.54) is 22.2 Å². The number of nitrogens with two attached hydrogens (primary N) is 1. The molecule has 0 bridgehead atoms. The van der Waals surface area contributed by atoms with E-state index >= 15 is 0 Å². The van der Waals surface area contributed by atoms with Crippen molar-refractivity contribution in [3.05, 3.63) is 33.9 Å². The van der Waals surface area contributed by atoms with Gasteiger partial charge >= 0.3 is 0 Å². The molecule has 3 heteroatoms. The second kappa shape index (κ2) is 3.75. The van der Waals surface area contributed by atoms with Crippen molar-refractivity contribution in [1.82, 2.24) is 4.98 Å². The fourth-order valence-electron chi connectivity index (χ4n) is 1.75. The molecule has 0 amide bonds. The number of H-pyrrole nitrogens is 1. The van der Waals surface area contributed by atoms with Gasteiger partial charge in [0.2, 0.25) is 0 Å². The summed E-state index contributed by atoms with van der Waals surface area (Å²) in [6.07, 6.45) is 0.915. The molecule has 0 radical (unpaired) electrons. The highest BCUT2D eigenvalue weighted by Crippen LogP contribution is 2.25. The monoisotopic (exact) mass is 252 g/mol. The molecule has 0 atom stereocenters. The van der Waals surface area contributed by atoms with Gasteiger partial charge in [-0.05, 0) is 37.2 Å². The molecule has 0 saturated heterocycles. The Balaban J connectivity index is 2.62. The van der Waals surface area contributed by atoms with Gasteiger partial charge in [0.05, 0.1) is 0 Å². The van der Waals surface area contributed by atoms with E-state index in [1.54, 1.807) is 0 Å². The highest BCUT2D eigenvalue weighted by Gasteiger charge is 2.06. The van der Waals surface area contributed by atoms with E-state index in [-0.39, 0.29) is 0 Å². The Kier molecular flexibility index (Phi) is 2.61. The van der Waals surface area contributed by atoms with Crippen LogP contribution in [0.5, 0.6) is 0 Å². The van der Waals surface area contributed by atoms with Crippen molar-refractivity contribution in [2.75, 3.05) is 6.54 Å². The van der Waals surface area contributed by atoms with Gasteiger partial charge in [0.1, 0.15) is 0 Å². The van der Waals surface area contributed by atoms with Crippen molar-refractivity contribution in [2.24, 2.45) is 5.73 Å². The van der Waals surface area contributed by atoms with Gasteiger partial charge in [-0.15, -0.1) is 0 Å². The molecule has 1 aromatic heterocycles. The lowest BCUT2D eigenvalue weighted by molar-refractivity contribution is 0.930. The molecule has 1 heterocycles. The van der Waals surface area contributed by atoms with E-state index in [1.807, 2.05) is 6.07 Å². The van der Waals surface area contributed by atoms with Crippen LogP contribution >= 0.6 is 15.9 Å². The van der Waals surface area contributed by atoms with Gasteiger partial charge in [-0.25, -0.2) is 0 Å². The summed E-state index contributed by atoms with van der Waals surface area (Å²) in [5.41, 5.74) is 9.30. The van der Waals surface area contributed by atoms with Gasteiger partial charge < -0.3 is 10.7 Å². The minimum Gasteiger partial charge on any atom is -0.358 e. The molecule has 0 aliphatic rings. The third-order valence-electron chi connectivity index (χ3n) is 2.52. The molecule has 0 spiro atoms. The molecule has 2 rings (SSSR count). The van der Waals surface area contributed by atoms with Crippen LogP contribution in [0.2, 0.25) is 0 Å². The highest BCUT2D eigenvalue weighted by atomic mass is 79.9. The van der Waals surface area contributed by atoms with Crippen LogP contribution in [0.15, 0.2) is 22.7 Å². The number of aromatic amines is 1. The van der Waals surface area contributed by atoms with Crippen molar-refractivity contribution in [3.8, 4) is 0 Å².